The summed E-state index contributed by atoms with van der Waals surface area (Å²) in [5, 5.41) is 11.0. The van der Waals surface area contributed by atoms with E-state index in [4.69, 9.17) is 14.2 Å². The average molecular weight is 594 g/mol. The van der Waals surface area contributed by atoms with Gasteiger partial charge in [-0.05, 0) is 60.5 Å². The lowest BCUT2D eigenvalue weighted by molar-refractivity contribution is -0.138. The van der Waals surface area contributed by atoms with E-state index in [9.17, 15) is 14.7 Å². The smallest absolute Gasteiger partial charge is 0.344 e. The molecule has 0 aliphatic carbocycles. The van der Waals surface area contributed by atoms with E-state index in [0.717, 1.165) is 21.8 Å². The maximum absolute atomic E-state index is 12.7. The van der Waals surface area contributed by atoms with Gasteiger partial charge in [0.2, 0.25) is 0 Å². The zero-order valence-electron chi connectivity index (χ0n) is 20.6. The highest BCUT2D eigenvalue weighted by atomic mass is 79.9. The Morgan fingerprint density at radius 1 is 1.03 bits per heavy atom. The summed E-state index contributed by atoms with van der Waals surface area (Å²) in [7, 11) is 1.54. The molecule has 0 saturated carbocycles. The molecule has 7 nitrogen and oxygen atoms in total. The van der Waals surface area contributed by atoms with Crippen LogP contribution in [-0.2, 0) is 16.1 Å². The summed E-state index contributed by atoms with van der Waals surface area (Å²) in [6.45, 7) is 2.13. The number of halogens is 1. The largest absolute Gasteiger partial charge is 0.506 e. The monoisotopic (exact) mass is 593 g/mol. The Kier molecular flexibility index (Phi) is 9.04. The molecule has 0 fully saturated rings. The van der Waals surface area contributed by atoms with Gasteiger partial charge in [-0.25, -0.2) is 9.79 Å². The number of carbonyl (C=O) groups is 2. The average Bonchev–Trinajstić information content (AvgIpc) is 3.23. The maximum atomic E-state index is 12.7. The second kappa shape index (κ2) is 12.6. The van der Waals surface area contributed by atoms with Crippen molar-refractivity contribution in [1.29, 1.82) is 0 Å². The minimum atomic E-state index is -0.755. The number of aliphatic hydroxyl groups is 1. The molecule has 0 atom stereocenters. The fourth-order valence-electron chi connectivity index (χ4n) is 3.52. The van der Waals surface area contributed by atoms with Gasteiger partial charge in [0.15, 0.2) is 11.5 Å². The molecule has 38 heavy (non-hydrogen) atoms. The molecule has 194 valence electrons. The number of aliphatic imine (C=N–C) groups is 1. The van der Waals surface area contributed by atoms with Gasteiger partial charge in [0, 0.05) is 10.0 Å². The van der Waals surface area contributed by atoms with E-state index in [-0.39, 0.29) is 23.0 Å². The van der Waals surface area contributed by atoms with E-state index in [2.05, 4.69) is 20.9 Å². The lowest BCUT2D eigenvalue weighted by Crippen LogP contribution is -2.14. The van der Waals surface area contributed by atoms with Crippen LogP contribution < -0.4 is 9.47 Å². The molecule has 1 aliphatic rings. The SMILES string of the molecule is CCOC(=O)C1=C(O)/C(=C/c2ccc(OCc3ccc(Br)cc3)c(OC)c2)SC1=NC(=O)c1ccccc1. The predicted molar refractivity (Wildman–Crippen MR) is 152 cm³/mol. The zero-order chi connectivity index (χ0) is 27.1. The van der Waals surface area contributed by atoms with Crippen LogP contribution >= 0.6 is 27.7 Å². The highest BCUT2D eigenvalue weighted by Gasteiger charge is 2.34. The maximum Gasteiger partial charge on any atom is 0.344 e. The van der Waals surface area contributed by atoms with Crippen molar-refractivity contribution in [2.24, 2.45) is 4.99 Å². The molecule has 0 unspecified atom stereocenters. The highest BCUT2D eigenvalue weighted by Crippen LogP contribution is 2.40. The van der Waals surface area contributed by atoms with Gasteiger partial charge < -0.3 is 19.3 Å². The van der Waals surface area contributed by atoms with Crippen LogP contribution in [0.3, 0.4) is 0 Å². The Hall–Kier alpha value is -3.82. The van der Waals surface area contributed by atoms with E-state index in [1.807, 2.05) is 24.3 Å². The van der Waals surface area contributed by atoms with Crippen LogP contribution in [0.1, 0.15) is 28.4 Å². The summed E-state index contributed by atoms with van der Waals surface area (Å²) in [6.07, 6.45) is 1.68. The van der Waals surface area contributed by atoms with E-state index in [1.165, 1.54) is 0 Å². The molecule has 1 heterocycles. The Bertz CT molecular complexity index is 1430. The number of amides is 1. The molecule has 4 rings (SSSR count). The van der Waals surface area contributed by atoms with Crippen molar-refractivity contribution < 1.29 is 28.9 Å². The molecule has 0 bridgehead atoms. The number of ether oxygens (including phenoxy) is 3. The Morgan fingerprint density at radius 3 is 2.45 bits per heavy atom. The summed E-state index contributed by atoms with van der Waals surface area (Å²) >= 11 is 4.43. The van der Waals surface area contributed by atoms with Gasteiger partial charge in [-0.3, -0.25) is 4.79 Å². The molecular formula is C29H24BrNO6S. The second-order valence-electron chi connectivity index (χ2n) is 7.97. The number of esters is 1. The predicted octanol–water partition coefficient (Wildman–Crippen LogP) is 6.74. The second-order valence-corrected chi connectivity index (χ2v) is 9.91. The highest BCUT2D eigenvalue weighted by molar-refractivity contribution is 9.10. The standard InChI is InChI=1S/C29H24BrNO6S/c1-3-36-29(34)25-26(32)24(38-28(25)31-27(33)20-7-5-4-6-8-20)16-19-11-14-22(23(15-19)35-2)37-17-18-9-12-21(30)13-10-18/h4-16,32H,3,17H2,1-2H3/b24-16-,31-28?. The number of methoxy groups -OCH3 is 1. The van der Waals surface area contributed by atoms with E-state index in [0.29, 0.717) is 34.1 Å². The molecule has 1 N–H and O–H groups in total. The van der Waals surface area contributed by atoms with Gasteiger partial charge in [0.05, 0.1) is 18.6 Å². The molecule has 0 aromatic heterocycles. The topological polar surface area (TPSA) is 94.4 Å². The number of thioether (sulfide) groups is 1. The Morgan fingerprint density at radius 2 is 1.76 bits per heavy atom. The summed E-state index contributed by atoms with van der Waals surface area (Å²) in [4.78, 5) is 29.8. The van der Waals surface area contributed by atoms with E-state index in [1.54, 1.807) is 68.6 Å². The minimum absolute atomic E-state index is 0.0717. The quantitative estimate of drug-likeness (QED) is 0.289. The summed E-state index contributed by atoms with van der Waals surface area (Å²) in [5.74, 6) is -0.531. The summed E-state index contributed by atoms with van der Waals surface area (Å²) < 4.78 is 17.5. The molecule has 3 aromatic rings. The van der Waals surface area contributed by atoms with Crippen molar-refractivity contribution in [3.63, 3.8) is 0 Å². The first-order chi connectivity index (χ1) is 18.4. The van der Waals surface area contributed by atoms with Crippen LogP contribution in [0, 0.1) is 0 Å². The van der Waals surface area contributed by atoms with Gasteiger partial charge in [0.1, 0.15) is 23.0 Å². The first-order valence-corrected chi connectivity index (χ1v) is 13.2. The first-order valence-electron chi connectivity index (χ1n) is 11.6. The van der Waals surface area contributed by atoms with Gasteiger partial charge in [0.25, 0.3) is 5.91 Å². The molecule has 9 heteroatoms. The molecule has 0 spiro atoms. The molecule has 0 saturated heterocycles. The van der Waals surface area contributed by atoms with E-state index < -0.39 is 11.9 Å². The minimum Gasteiger partial charge on any atom is -0.506 e. The van der Waals surface area contributed by atoms with Crippen LogP contribution in [0.4, 0.5) is 0 Å². The zero-order valence-corrected chi connectivity index (χ0v) is 23.0. The number of carbonyl (C=O) groups excluding carboxylic acids is 2. The molecule has 1 amide bonds. The van der Waals surface area contributed by atoms with Crippen molar-refractivity contribution in [3.05, 3.63) is 110 Å². The van der Waals surface area contributed by atoms with Gasteiger partial charge in [-0.2, -0.15) is 0 Å². The summed E-state index contributed by atoms with van der Waals surface area (Å²) in [6, 6.07) is 21.6. The van der Waals surface area contributed by atoms with Crippen molar-refractivity contribution in [3.8, 4) is 11.5 Å². The molecule has 0 radical (unpaired) electrons. The fraction of sp³-hybridized carbons (Fsp3) is 0.138. The molecule has 1 aliphatic heterocycles. The lowest BCUT2D eigenvalue weighted by Gasteiger charge is -2.12. The number of benzene rings is 3. The van der Waals surface area contributed by atoms with E-state index >= 15 is 0 Å². The number of nitrogens with zero attached hydrogens (tertiary/aromatic N) is 1. The van der Waals surface area contributed by atoms with Gasteiger partial charge in [-0.1, -0.05) is 64.1 Å². The van der Waals surface area contributed by atoms with Crippen LogP contribution in [0.15, 0.2) is 98.5 Å². The normalized spacial score (nSPS) is 15.1. The Labute approximate surface area is 233 Å². The number of hydrogen-bond donors (Lipinski definition) is 1. The van der Waals surface area contributed by atoms with Crippen LogP contribution in [0.2, 0.25) is 0 Å². The van der Waals surface area contributed by atoms with Crippen molar-refractivity contribution in [2.45, 2.75) is 13.5 Å². The summed E-state index contributed by atoms with van der Waals surface area (Å²) in [5.41, 5.74) is 1.91. The number of hydrogen-bond acceptors (Lipinski definition) is 7. The first kappa shape index (κ1) is 27.2. The molecule has 3 aromatic carbocycles. The Balaban J connectivity index is 1.61. The third-order valence-corrected chi connectivity index (χ3v) is 6.94. The molecular weight excluding hydrogens is 570 g/mol. The van der Waals surface area contributed by atoms with Crippen molar-refractivity contribution >= 4 is 50.7 Å². The van der Waals surface area contributed by atoms with Crippen LogP contribution in [0.25, 0.3) is 6.08 Å². The van der Waals surface area contributed by atoms with Crippen LogP contribution in [-0.4, -0.2) is 35.7 Å². The number of rotatable bonds is 8. The van der Waals surface area contributed by atoms with Crippen molar-refractivity contribution in [2.75, 3.05) is 13.7 Å². The van der Waals surface area contributed by atoms with Gasteiger partial charge >= 0.3 is 5.97 Å². The third kappa shape index (κ3) is 6.54. The third-order valence-electron chi connectivity index (χ3n) is 5.39. The van der Waals surface area contributed by atoms with Crippen molar-refractivity contribution in [1.82, 2.24) is 0 Å². The number of aliphatic hydroxyl groups excluding tert-OH is 1. The van der Waals surface area contributed by atoms with Crippen LogP contribution in [0.5, 0.6) is 11.5 Å². The lowest BCUT2D eigenvalue weighted by atomic mass is 10.1. The fourth-order valence-corrected chi connectivity index (χ4v) is 4.79. The van der Waals surface area contributed by atoms with Gasteiger partial charge in [-0.15, -0.1) is 0 Å².